The third-order valence-corrected chi connectivity index (χ3v) is 6.22. The van der Waals surface area contributed by atoms with E-state index in [0.29, 0.717) is 38.8 Å². The molecule has 1 aromatic carbocycles. The van der Waals surface area contributed by atoms with Crippen LogP contribution in [0.25, 0.3) is 0 Å². The summed E-state index contributed by atoms with van der Waals surface area (Å²) in [4.78, 5) is 14.2. The highest BCUT2D eigenvalue weighted by atomic mass is 19.4. The Bertz CT molecular complexity index is 752. The van der Waals surface area contributed by atoms with E-state index < -0.39 is 17.3 Å². The van der Waals surface area contributed by atoms with Crippen LogP contribution in [0.5, 0.6) is 5.75 Å². The van der Waals surface area contributed by atoms with Gasteiger partial charge in [0.15, 0.2) is 0 Å². The van der Waals surface area contributed by atoms with Gasteiger partial charge < -0.3 is 14.7 Å². The molecule has 27 heavy (non-hydrogen) atoms. The second-order valence-electron chi connectivity index (χ2n) is 8.89. The molecule has 0 bridgehead atoms. The standard InChI is InChI=1S/C20H24F3NO3/c1-12-4-3-5-15(16(12)20(21,22)23)27-14-8-19(9-14)10-24(11-19)17(25)13-6-18(2,26)7-13/h3-5,13-14,26H,6-11H2,1-2H3/t13-,18+. The molecular weight excluding hydrogens is 359 g/mol. The molecule has 1 amide bonds. The molecule has 1 aliphatic heterocycles. The van der Waals surface area contributed by atoms with Gasteiger partial charge in [0, 0.05) is 24.4 Å². The molecule has 0 aromatic heterocycles. The van der Waals surface area contributed by atoms with E-state index in [1.165, 1.54) is 19.1 Å². The second kappa shape index (κ2) is 5.87. The lowest BCUT2D eigenvalue weighted by molar-refractivity contribution is -0.175. The van der Waals surface area contributed by atoms with Crippen molar-refractivity contribution in [3.8, 4) is 5.75 Å². The first-order valence-corrected chi connectivity index (χ1v) is 9.33. The maximum atomic E-state index is 13.3. The number of carbonyl (C=O) groups excluding carboxylic acids is 1. The van der Waals surface area contributed by atoms with E-state index in [1.807, 2.05) is 4.90 Å². The molecular formula is C20H24F3NO3. The molecule has 1 heterocycles. The van der Waals surface area contributed by atoms with Crippen LogP contribution in [0.1, 0.15) is 43.7 Å². The molecule has 3 aliphatic rings. The van der Waals surface area contributed by atoms with E-state index in [9.17, 15) is 23.1 Å². The molecule has 1 aromatic rings. The van der Waals surface area contributed by atoms with Crippen molar-refractivity contribution in [3.05, 3.63) is 29.3 Å². The number of ether oxygens (including phenoxy) is 1. The predicted octanol–water partition coefficient (Wildman–Crippen LogP) is 3.54. The van der Waals surface area contributed by atoms with Gasteiger partial charge in [-0.15, -0.1) is 0 Å². The van der Waals surface area contributed by atoms with Crippen LogP contribution in [-0.4, -0.2) is 40.7 Å². The van der Waals surface area contributed by atoms with Crippen LogP contribution in [0.3, 0.4) is 0 Å². The Morgan fingerprint density at radius 3 is 2.41 bits per heavy atom. The summed E-state index contributed by atoms with van der Waals surface area (Å²) in [5.74, 6) is -0.105. The van der Waals surface area contributed by atoms with Gasteiger partial charge in [-0.05, 0) is 51.2 Å². The fourth-order valence-electron chi connectivity index (χ4n) is 4.88. The summed E-state index contributed by atoms with van der Waals surface area (Å²) in [6, 6.07) is 4.39. The third kappa shape index (κ3) is 3.30. The highest BCUT2D eigenvalue weighted by Crippen LogP contribution is 2.52. The number of rotatable bonds is 3. The lowest BCUT2D eigenvalue weighted by atomic mass is 9.61. The van der Waals surface area contributed by atoms with Gasteiger partial charge in [-0.3, -0.25) is 4.79 Å². The third-order valence-electron chi connectivity index (χ3n) is 6.22. The number of aliphatic hydroxyl groups is 1. The van der Waals surface area contributed by atoms with E-state index >= 15 is 0 Å². The summed E-state index contributed by atoms with van der Waals surface area (Å²) in [6.07, 6.45) is -2.32. The van der Waals surface area contributed by atoms with Crippen molar-refractivity contribution in [2.24, 2.45) is 11.3 Å². The van der Waals surface area contributed by atoms with Crippen LogP contribution in [0.4, 0.5) is 13.2 Å². The normalized spacial score (nSPS) is 29.7. The zero-order valence-corrected chi connectivity index (χ0v) is 15.5. The van der Waals surface area contributed by atoms with E-state index in [1.54, 1.807) is 13.0 Å². The topological polar surface area (TPSA) is 49.8 Å². The molecule has 2 saturated carbocycles. The lowest BCUT2D eigenvalue weighted by Crippen LogP contribution is -2.67. The van der Waals surface area contributed by atoms with Crippen molar-refractivity contribution in [2.75, 3.05) is 13.1 Å². The summed E-state index contributed by atoms with van der Waals surface area (Å²) in [5, 5.41) is 9.77. The number of likely N-dealkylation sites (tertiary alicyclic amines) is 1. The minimum absolute atomic E-state index is 0.00515. The first-order chi connectivity index (χ1) is 12.5. The molecule has 0 atom stereocenters. The average Bonchev–Trinajstić information content (AvgIpc) is 2.43. The van der Waals surface area contributed by atoms with E-state index in [2.05, 4.69) is 0 Å². The zero-order chi connectivity index (χ0) is 19.6. The largest absolute Gasteiger partial charge is 0.490 e. The maximum absolute atomic E-state index is 13.3. The molecule has 4 nitrogen and oxygen atoms in total. The van der Waals surface area contributed by atoms with Crippen LogP contribution >= 0.6 is 0 Å². The second-order valence-corrected chi connectivity index (χ2v) is 8.89. The summed E-state index contributed by atoms with van der Waals surface area (Å²) in [5.41, 5.74) is -1.27. The molecule has 0 unspecified atom stereocenters. The SMILES string of the molecule is Cc1cccc(OC2CC3(C2)CN(C(=O)[C@H]2C[C@@](C)(O)C2)C3)c1C(F)(F)F. The Hall–Kier alpha value is -1.76. The molecule has 1 saturated heterocycles. The van der Waals surface area contributed by atoms with Crippen molar-refractivity contribution >= 4 is 5.91 Å². The van der Waals surface area contributed by atoms with Gasteiger partial charge in [0.2, 0.25) is 5.91 Å². The summed E-state index contributed by atoms with van der Waals surface area (Å²) < 4.78 is 45.5. The van der Waals surface area contributed by atoms with E-state index in [0.717, 1.165) is 0 Å². The zero-order valence-electron chi connectivity index (χ0n) is 15.5. The van der Waals surface area contributed by atoms with Crippen molar-refractivity contribution in [1.82, 2.24) is 4.90 Å². The quantitative estimate of drug-likeness (QED) is 0.869. The van der Waals surface area contributed by atoms with Crippen LogP contribution in [-0.2, 0) is 11.0 Å². The Labute approximate surface area is 156 Å². The van der Waals surface area contributed by atoms with Crippen LogP contribution in [0.2, 0.25) is 0 Å². The monoisotopic (exact) mass is 383 g/mol. The minimum Gasteiger partial charge on any atom is -0.490 e. The Kier molecular flexibility index (Phi) is 4.04. The minimum atomic E-state index is -4.44. The molecule has 7 heteroatoms. The number of alkyl halides is 3. The summed E-state index contributed by atoms with van der Waals surface area (Å²) in [7, 11) is 0. The van der Waals surface area contributed by atoms with Gasteiger partial charge >= 0.3 is 6.18 Å². The van der Waals surface area contributed by atoms with E-state index in [4.69, 9.17) is 4.74 Å². The number of hydrogen-bond donors (Lipinski definition) is 1. The number of nitrogens with zero attached hydrogens (tertiary/aromatic N) is 1. The number of halogens is 3. The van der Waals surface area contributed by atoms with Crippen LogP contribution in [0.15, 0.2) is 18.2 Å². The number of carbonyl (C=O) groups is 1. The van der Waals surface area contributed by atoms with Crippen molar-refractivity contribution in [2.45, 2.75) is 57.4 Å². The van der Waals surface area contributed by atoms with Crippen molar-refractivity contribution in [1.29, 1.82) is 0 Å². The first kappa shape index (κ1) is 18.6. The predicted molar refractivity (Wildman–Crippen MR) is 92.2 cm³/mol. The lowest BCUT2D eigenvalue weighted by Gasteiger charge is -2.59. The molecule has 1 spiro atoms. The highest BCUT2D eigenvalue weighted by molar-refractivity contribution is 5.81. The number of amides is 1. The van der Waals surface area contributed by atoms with E-state index in [-0.39, 0.29) is 34.7 Å². The van der Waals surface area contributed by atoms with Gasteiger partial charge in [0.1, 0.15) is 17.4 Å². The molecule has 0 radical (unpaired) electrons. The fraction of sp³-hybridized carbons (Fsp3) is 0.650. The van der Waals surface area contributed by atoms with Gasteiger partial charge in [0.25, 0.3) is 0 Å². The highest BCUT2D eigenvalue weighted by Gasteiger charge is 2.57. The molecule has 4 rings (SSSR count). The van der Waals surface area contributed by atoms with Gasteiger partial charge in [-0.2, -0.15) is 13.2 Å². The number of benzene rings is 1. The Morgan fingerprint density at radius 2 is 1.85 bits per heavy atom. The van der Waals surface area contributed by atoms with Crippen LogP contribution in [0, 0.1) is 18.3 Å². The van der Waals surface area contributed by atoms with Gasteiger partial charge in [-0.1, -0.05) is 12.1 Å². The number of hydrogen-bond acceptors (Lipinski definition) is 3. The molecule has 3 fully saturated rings. The molecule has 1 N–H and O–H groups in total. The number of aryl methyl sites for hydroxylation is 1. The van der Waals surface area contributed by atoms with Gasteiger partial charge in [0.05, 0.1) is 5.60 Å². The Morgan fingerprint density at radius 1 is 1.22 bits per heavy atom. The summed E-state index contributed by atoms with van der Waals surface area (Å²) in [6.45, 7) is 4.46. The first-order valence-electron chi connectivity index (χ1n) is 9.33. The van der Waals surface area contributed by atoms with Gasteiger partial charge in [-0.25, -0.2) is 0 Å². The fourth-order valence-corrected chi connectivity index (χ4v) is 4.88. The smallest absolute Gasteiger partial charge is 0.420 e. The average molecular weight is 383 g/mol. The van der Waals surface area contributed by atoms with Crippen molar-refractivity contribution < 1.29 is 27.8 Å². The molecule has 148 valence electrons. The van der Waals surface area contributed by atoms with Crippen molar-refractivity contribution in [3.63, 3.8) is 0 Å². The molecule has 2 aliphatic carbocycles. The Balaban J connectivity index is 1.31. The maximum Gasteiger partial charge on any atom is 0.420 e. The summed E-state index contributed by atoms with van der Waals surface area (Å²) >= 11 is 0. The van der Waals surface area contributed by atoms with Crippen LogP contribution < -0.4 is 4.74 Å².